The van der Waals surface area contributed by atoms with Gasteiger partial charge >= 0.3 is 0 Å². The van der Waals surface area contributed by atoms with Crippen LogP contribution in [0.2, 0.25) is 25.7 Å². The van der Waals surface area contributed by atoms with Crippen LogP contribution in [0, 0.1) is 6.92 Å². The van der Waals surface area contributed by atoms with Gasteiger partial charge in [-0.2, -0.15) is 0 Å². The van der Waals surface area contributed by atoms with Gasteiger partial charge in [-0.15, -0.1) is 0 Å². The van der Waals surface area contributed by atoms with Gasteiger partial charge in [-0.25, -0.2) is 0 Å². The second-order valence-corrected chi connectivity index (χ2v) is 8.79. The van der Waals surface area contributed by atoms with Crippen molar-refractivity contribution in [1.29, 1.82) is 0 Å². The van der Waals surface area contributed by atoms with Crippen molar-refractivity contribution in [2.75, 3.05) is 0 Å². The van der Waals surface area contributed by atoms with Crippen molar-refractivity contribution in [3.8, 4) is 0 Å². The Balaban J connectivity index is 3.15. The molecule has 0 atom stereocenters. The molecule has 1 heteroatoms. The normalized spacial score (nSPS) is 12.0. The summed E-state index contributed by atoms with van der Waals surface area (Å²) in [6.45, 7) is 10.9. The first kappa shape index (κ1) is 7.22. The fourth-order valence-electron chi connectivity index (χ4n) is 0.530. The molecule has 0 nitrogen and oxygen atoms in total. The standard InChI is InChI=1S/C6H15Si/c1-5-6-7(2,3)4/h1,5-6H2,2-4H3. The maximum Gasteiger partial charge on any atom is 0.0442 e. The van der Waals surface area contributed by atoms with E-state index in [-0.39, 0.29) is 0 Å². The lowest BCUT2D eigenvalue weighted by atomic mass is 10.6. The Bertz CT molecular complexity index is 42.6. The molecule has 0 rings (SSSR count). The van der Waals surface area contributed by atoms with Crippen LogP contribution < -0.4 is 0 Å². The SMILES string of the molecule is [CH2]CC[Si](C)(C)C. The van der Waals surface area contributed by atoms with Gasteiger partial charge in [0, 0.05) is 8.07 Å². The third-order valence-corrected chi connectivity index (χ3v) is 2.78. The summed E-state index contributed by atoms with van der Waals surface area (Å²) >= 11 is 0. The Labute approximate surface area is 47.9 Å². The van der Waals surface area contributed by atoms with E-state index in [0.717, 1.165) is 6.42 Å². The molecule has 0 heterocycles. The summed E-state index contributed by atoms with van der Waals surface area (Å²) in [5, 5.41) is 0. The minimum atomic E-state index is -0.720. The summed E-state index contributed by atoms with van der Waals surface area (Å²) in [6.07, 6.45) is 1.12. The van der Waals surface area contributed by atoms with E-state index in [0.29, 0.717) is 0 Å². The van der Waals surface area contributed by atoms with E-state index in [1.54, 1.807) is 0 Å². The van der Waals surface area contributed by atoms with Crippen molar-refractivity contribution >= 4 is 8.07 Å². The van der Waals surface area contributed by atoms with Gasteiger partial charge in [0.25, 0.3) is 0 Å². The predicted molar refractivity (Wildman–Crippen MR) is 38.1 cm³/mol. The van der Waals surface area contributed by atoms with Crippen LogP contribution in [0.25, 0.3) is 0 Å². The van der Waals surface area contributed by atoms with Crippen LogP contribution >= 0.6 is 0 Å². The summed E-state index contributed by atoms with van der Waals surface area (Å²) in [5.74, 6) is 0. The molecule has 0 saturated carbocycles. The summed E-state index contributed by atoms with van der Waals surface area (Å²) in [6, 6.07) is 1.37. The largest absolute Gasteiger partial charge is 0.0695 e. The number of hydrogen-bond donors (Lipinski definition) is 0. The van der Waals surface area contributed by atoms with Crippen molar-refractivity contribution in [3.05, 3.63) is 6.92 Å². The average Bonchev–Trinajstić information content (AvgIpc) is 1.30. The highest BCUT2D eigenvalue weighted by Gasteiger charge is 2.09. The van der Waals surface area contributed by atoms with Gasteiger partial charge < -0.3 is 0 Å². The van der Waals surface area contributed by atoms with Crippen molar-refractivity contribution < 1.29 is 0 Å². The Hall–Kier alpha value is 0.217. The molecule has 43 valence electrons. The van der Waals surface area contributed by atoms with Crippen LogP contribution in [0.1, 0.15) is 6.42 Å². The monoisotopic (exact) mass is 115 g/mol. The van der Waals surface area contributed by atoms with E-state index in [9.17, 15) is 0 Å². The lowest BCUT2D eigenvalue weighted by molar-refractivity contribution is 1.16. The minimum absolute atomic E-state index is 0.720. The topological polar surface area (TPSA) is 0 Å². The molecule has 0 saturated heterocycles. The second kappa shape index (κ2) is 2.51. The maximum absolute atomic E-state index is 3.81. The van der Waals surface area contributed by atoms with Gasteiger partial charge in [0.15, 0.2) is 0 Å². The Kier molecular flexibility index (Phi) is 2.58. The molecule has 0 unspecified atom stereocenters. The quantitative estimate of drug-likeness (QED) is 0.485. The van der Waals surface area contributed by atoms with Gasteiger partial charge in [-0.1, -0.05) is 39.0 Å². The van der Waals surface area contributed by atoms with Crippen molar-refractivity contribution in [2.45, 2.75) is 32.1 Å². The van der Waals surface area contributed by atoms with Crippen LogP contribution in [-0.2, 0) is 0 Å². The van der Waals surface area contributed by atoms with Crippen LogP contribution in [-0.4, -0.2) is 8.07 Å². The molecule has 0 aliphatic heterocycles. The summed E-state index contributed by atoms with van der Waals surface area (Å²) in [5.41, 5.74) is 0. The number of rotatable bonds is 2. The van der Waals surface area contributed by atoms with Gasteiger partial charge in [-0.3, -0.25) is 0 Å². The first-order chi connectivity index (χ1) is 3.06. The van der Waals surface area contributed by atoms with Crippen LogP contribution in [0.3, 0.4) is 0 Å². The zero-order chi connectivity index (χ0) is 5.91. The smallest absolute Gasteiger partial charge is 0.0442 e. The minimum Gasteiger partial charge on any atom is -0.0695 e. The molecule has 1 radical (unpaired) electrons. The van der Waals surface area contributed by atoms with Gasteiger partial charge in [0.2, 0.25) is 0 Å². The molecule has 0 amide bonds. The molecular weight excluding hydrogens is 100 g/mol. The van der Waals surface area contributed by atoms with Gasteiger partial charge in [0.1, 0.15) is 0 Å². The Morgan fingerprint density at radius 2 is 1.71 bits per heavy atom. The fraction of sp³-hybridized carbons (Fsp3) is 0.833. The number of hydrogen-bond acceptors (Lipinski definition) is 0. The zero-order valence-corrected chi connectivity index (χ0v) is 6.62. The second-order valence-electron chi connectivity index (χ2n) is 3.16. The highest BCUT2D eigenvalue weighted by molar-refractivity contribution is 6.76. The molecule has 0 fully saturated rings. The van der Waals surface area contributed by atoms with Crippen molar-refractivity contribution in [3.63, 3.8) is 0 Å². The predicted octanol–water partition coefficient (Wildman–Crippen LogP) is 2.55. The van der Waals surface area contributed by atoms with E-state index in [1.165, 1.54) is 6.04 Å². The van der Waals surface area contributed by atoms with Crippen LogP contribution in [0.15, 0.2) is 0 Å². The molecular formula is C6H15Si. The molecule has 0 aliphatic rings. The van der Waals surface area contributed by atoms with Crippen LogP contribution in [0.5, 0.6) is 0 Å². The molecule has 0 aromatic heterocycles. The van der Waals surface area contributed by atoms with Gasteiger partial charge in [0.05, 0.1) is 0 Å². The molecule has 7 heavy (non-hydrogen) atoms. The van der Waals surface area contributed by atoms with E-state index in [2.05, 4.69) is 26.6 Å². The molecule has 0 aromatic carbocycles. The first-order valence-corrected chi connectivity index (χ1v) is 6.56. The lowest BCUT2D eigenvalue weighted by Gasteiger charge is -2.12. The third-order valence-electron chi connectivity index (χ3n) is 0.927. The summed E-state index contributed by atoms with van der Waals surface area (Å²) in [4.78, 5) is 0. The average molecular weight is 115 g/mol. The summed E-state index contributed by atoms with van der Waals surface area (Å²) in [7, 11) is -0.720. The van der Waals surface area contributed by atoms with E-state index < -0.39 is 8.07 Å². The fourth-order valence-corrected chi connectivity index (χ4v) is 1.59. The zero-order valence-electron chi connectivity index (χ0n) is 5.62. The highest BCUT2D eigenvalue weighted by atomic mass is 28.3. The van der Waals surface area contributed by atoms with Crippen molar-refractivity contribution in [2.24, 2.45) is 0 Å². The molecule has 0 bridgehead atoms. The first-order valence-electron chi connectivity index (χ1n) is 2.85. The summed E-state index contributed by atoms with van der Waals surface area (Å²) < 4.78 is 0. The molecule has 0 spiro atoms. The van der Waals surface area contributed by atoms with Crippen molar-refractivity contribution in [1.82, 2.24) is 0 Å². The highest BCUT2D eigenvalue weighted by Crippen LogP contribution is 2.08. The third kappa shape index (κ3) is 6.22. The van der Waals surface area contributed by atoms with E-state index >= 15 is 0 Å². The Morgan fingerprint density at radius 1 is 1.29 bits per heavy atom. The molecule has 0 aromatic rings. The van der Waals surface area contributed by atoms with E-state index in [1.807, 2.05) is 0 Å². The maximum atomic E-state index is 3.81. The van der Waals surface area contributed by atoms with Gasteiger partial charge in [-0.05, 0) is 0 Å². The molecule has 0 aliphatic carbocycles. The lowest BCUT2D eigenvalue weighted by Crippen LogP contribution is -2.17. The van der Waals surface area contributed by atoms with Crippen LogP contribution in [0.4, 0.5) is 0 Å². The van der Waals surface area contributed by atoms with E-state index in [4.69, 9.17) is 0 Å². The Morgan fingerprint density at radius 3 is 1.71 bits per heavy atom. The molecule has 0 N–H and O–H groups in total.